The predicted molar refractivity (Wildman–Crippen MR) is 110 cm³/mol. The lowest BCUT2D eigenvalue weighted by Crippen LogP contribution is -2.15. The van der Waals surface area contributed by atoms with Crippen molar-refractivity contribution in [2.45, 2.75) is 20.8 Å². The number of carbonyl (C=O) groups is 1. The van der Waals surface area contributed by atoms with Crippen molar-refractivity contribution in [1.29, 1.82) is 5.26 Å². The number of ether oxygens (including phenoxy) is 2. The molecule has 1 amide bonds. The number of nitrogens with zero attached hydrogens (tertiary/aromatic N) is 1. The molecule has 0 atom stereocenters. The number of hydrogen-bond acceptors (Lipinski definition) is 4. The van der Waals surface area contributed by atoms with Gasteiger partial charge in [0, 0.05) is 5.69 Å². The van der Waals surface area contributed by atoms with E-state index in [1.165, 1.54) is 6.08 Å². The van der Waals surface area contributed by atoms with Gasteiger partial charge in [-0.05, 0) is 55.7 Å². The molecule has 0 saturated heterocycles. The van der Waals surface area contributed by atoms with E-state index >= 15 is 0 Å². The summed E-state index contributed by atoms with van der Waals surface area (Å²) >= 11 is 0. The van der Waals surface area contributed by atoms with Crippen LogP contribution in [0.3, 0.4) is 0 Å². The van der Waals surface area contributed by atoms with Crippen LogP contribution in [0.25, 0.3) is 6.08 Å². The van der Waals surface area contributed by atoms with Gasteiger partial charge in [-0.3, -0.25) is 4.79 Å². The molecule has 0 fully saturated rings. The lowest BCUT2D eigenvalue weighted by molar-refractivity contribution is -0.112. The zero-order valence-corrected chi connectivity index (χ0v) is 16.2. The molecule has 0 aromatic heterocycles. The summed E-state index contributed by atoms with van der Waals surface area (Å²) in [5, 5.41) is 12.3. The van der Waals surface area contributed by atoms with Gasteiger partial charge in [-0.25, -0.2) is 0 Å². The topological polar surface area (TPSA) is 71.3 Å². The Hall–Kier alpha value is -3.70. The van der Waals surface area contributed by atoms with Gasteiger partial charge in [-0.2, -0.15) is 5.26 Å². The van der Waals surface area contributed by atoms with Crippen molar-refractivity contribution in [3.63, 3.8) is 0 Å². The lowest BCUT2D eigenvalue weighted by atomic mass is 10.1. The Labute approximate surface area is 165 Å². The van der Waals surface area contributed by atoms with Crippen LogP contribution < -0.4 is 14.8 Å². The van der Waals surface area contributed by atoms with E-state index in [-0.39, 0.29) is 12.2 Å². The van der Waals surface area contributed by atoms with Gasteiger partial charge in [-0.1, -0.05) is 30.2 Å². The summed E-state index contributed by atoms with van der Waals surface area (Å²) in [4.78, 5) is 12.6. The number of terminal acetylenes is 1. The Kier molecular flexibility index (Phi) is 7.25. The van der Waals surface area contributed by atoms with E-state index in [0.29, 0.717) is 29.4 Å². The van der Waals surface area contributed by atoms with E-state index in [0.717, 1.165) is 11.1 Å². The van der Waals surface area contributed by atoms with Crippen LogP contribution in [0.1, 0.15) is 23.6 Å². The average Bonchev–Trinajstić information content (AvgIpc) is 2.68. The van der Waals surface area contributed by atoms with Crippen molar-refractivity contribution in [3.05, 3.63) is 58.7 Å². The fourth-order valence-corrected chi connectivity index (χ4v) is 2.63. The van der Waals surface area contributed by atoms with E-state index in [1.807, 2.05) is 45.0 Å². The summed E-state index contributed by atoms with van der Waals surface area (Å²) in [5.41, 5.74) is 3.20. The second kappa shape index (κ2) is 9.85. The third kappa shape index (κ3) is 5.16. The zero-order valence-electron chi connectivity index (χ0n) is 16.2. The van der Waals surface area contributed by atoms with E-state index in [4.69, 9.17) is 15.9 Å². The fourth-order valence-electron chi connectivity index (χ4n) is 2.63. The maximum Gasteiger partial charge on any atom is 0.266 e. The van der Waals surface area contributed by atoms with Crippen molar-refractivity contribution < 1.29 is 14.3 Å². The van der Waals surface area contributed by atoms with Crippen molar-refractivity contribution in [1.82, 2.24) is 0 Å². The van der Waals surface area contributed by atoms with Crippen molar-refractivity contribution in [3.8, 4) is 29.9 Å². The molecular formula is C23H22N2O3. The van der Waals surface area contributed by atoms with E-state index < -0.39 is 5.91 Å². The van der Waals surface area contributed by atoms with Crippen LogP contribution >= 0.6 is 0 Å². The van der Waals surface area contributed by atoms with Gasteiger partial charge < -0.3 is 14.8 Å². The van der Waals surface area contributed by atoms with Crippen molar-refractivity contribution >= 4 is 17.7 Å². The Morgan fingerprint density at radius 1 is 1.18 bits per heavy atom. The van der Waals surface area contributed by atoms with E-state index in [9.17, 15) is 10.1 Å². The van der Waals surface area contributed by atoms with E-state index in [1.54, 1.807) is 18.2 Å². The second-order valence-electron chi connectivity index (χ2n) is 6.02. The second-order valence-corrected chi connectivity index (χ2v) is 6.02. The summed E-state index contributed by atoms with van der Waals surface area (Å²) in [6.07, 6.45) is 6.74. The van der Waals surface area contributed by atoms with Gasteiger partial charge in [0.25, 0.3) is 5.91 Å². The number of amides is 1. The standard InChI is InChI=1S/C23H22N2O3/c1-5-12-28-20-11-10-18(14-21(20)27-6-2)13-19(15-24)23(26)25-22-16(3)8-7-9-17(22)4/h1,7-11,13-14H,6,12H2,2-4H3,(H,25,26). The smallest absolute Gasteiger partial charge is 0.266 e. The minimum atomic E-state index is -0.467. The number of para-hydroxylation sites is 1. The molecular weight excluding hydrogens is 352 g/mol. The first-order valence-electron chi connectivity index (χ1n) is 8.82. The Balaban J connectivity index is 2.30. The molecule has 0 spiro atoms. The summed E-state index contributed by atoms with van der Waals surface area (Å²) in [7, 11) is 0. The molecule has 5 heteroatoms. The van der Waals surface area contributed by atoms with Gasteiger partial charge in [0.2, 0.25) is 0 Å². The summed E-state index contributed by atoms with van der Waals surface area (Å²) in [6.45, 7) is 6.23. The SMILES string of the molecule is C#CCOc1ccc(C=C(C#N)C(=O)Nc2c(C)cccc2C)cc1OCC. The number of nitriles is 1. The number of benzene rings is 2. The summed E-state index contributed by atoms with van der Waals surface area (Å²) in [6, 6.07) is 12.8. The third-order valence-electron chi connectivity index (χ3n) is 3.97. The molecule has 142 valence electrons. The molecule has 1 N–H and O–H groups in total. The number of anilines is 1. The Morgan fingerprint density at radius 3 is 2.50 bits per heavy atom. The first-order chi connectivity index (χ1) is 13.5. The Morgan fingerprint density at radius 2 is 1.89 bits per heavy atom. The molecule has 0 aliphatic heterocycles. The molecule has 0 heterocycles. The molecule has 0 aliphatic rings. The number of aryl methyl sites for hydroxylation is 2. The number of rotatable bonds is 7. The molecule has 2 aromatic rings. The Bertz CT molecular complexity index is 958. The van der Waals surface area contributed by atoms with Crippen LogP contribution in [0.15, 0.2) is 42.0 Å². The fraction of sp³-hybridized carbons (Fsp3) is 0.217. The molecule has 0 radical (unpaired) electrons. The van der Waals surface area contributed by atoms with Gasteiger partial charge in [0.05, 0.1) is 6.61 Å². The van der Waals surface area contributed by atoms with Gasteiger partial charge in [0.1, 0.15) is 18.2 Å². The van der Waals surface area contributed by atoms with Crippen LogP contribution in [0.4, 0.5) is 5.69 Å². The zero-order chi connectivity index (χ0) is 20.5. The predicted octanol–water partition coefficient (Wildman–Crippen LogP) is 4.26. The van der Waals surface area contributed by atoms with Crippen LogP contribution in [0.2, 0.25) is 0 Å². The van der Waals surface area contributed by atoms with Gasteiger partial charge >= 0.3 is 0 Å². The quantitative estimate of drug-likeness (QED) is 0.447. The minimum absolute atomic E-state index is 0.0117. The van der Waals surface area contributed by atoms with Gasteiger partial charge in [0.15, 0.2) is 11.5 Å². The highest BCUT2D eigenvalue weighted by atomic mass is 16.5. The molecule has 0 bridgehead atoms. The maximum absolute atomic E-state index is 12.6. The highest BCUT2D eigenvalue weighted by Crippen LogP contribution is 2.29. The normalized spacial score (nSPS) is 10.5. The molecule has 2 rings (SSSR count). The summed E-state index contributed by atoms with van der Waals surface area (Å²) < 4.78 is 11.0. The molecule has 2 aromatic carbocycles. The van der Waals surface area contributed by atoms with Crippen LogP contribution in [-0.4, -0.2) is 19.1 Å². The molecule has 0 saturated carbocycles. The molecule has 0 unspecified atom stereocenters. The van der Waals surface area contributed by atoms with Crippen LogP contribution in [0, 0.1) is 37.5 Å². The van der Waals surface area contributed by atoms with E-state index in [2.05, 4.69) is 11.2 Å². The minimum Gasteiger partial charge on any atom is -0.490 e. The first kappa shape index (κ1) is 20.6. The molecule has 5 nitrogen and oxygen atoms in total. The number of carbonyl (C=O) groups excluding carboxylic acids is 1. The maximum atomic E-state index is 12.6. The third-order valence-corrected chi connectivity index (χ3v) is 3.97. The highest BCUT2D eigenvalue weighted by molar-refractivity contribution is 6.10. The monoisotopic (exact) mass is 374 g/mol. The number of hydrogen-bond donors (Lipinski definition) is 1. The van der Waals surface area contributed by atoms with Crippen LogP contribution in [0.5, 0.6) is 11.5 Å². The average molecular weight is 374 g/mol. The van der Waals surface area contributed by atoms with Crippen molar-refractivity contribution in [2.75, 3.05) is 18.5 Å². The van der Waals surface area contributed by atoms with Crippen LogP contribution in [-0.2, 0) is 4.79 Å². The number of nitrogens with one attached hydrogen (secondary N) is 1. The van der Waals surface area contributed by atoms with Gasteiger partial charge in [-0.15, -0.1) is 6.42 Å². The molecule has 28 heavy (non-hydrogen) atoms. The first-order valence-corrected chi connectivity index (χ1v) is 8.82. The largest absolute Gasteiger partial charge is 0.490 e. The summed E-state index contributed by atoms with van der Waals surface area (Å²) in [5.74, 6) is 2.94. The lowest BCUT2D eigenvalue weighted by Gasteiger charge is -2.12. The van der Waals surface area contributed by atoms with Crippen molar-refractivity contribution in [2.24, 2.45) is 0 Å². The highest BCUT2D eigenvalue weighted by Gasteiger charge is 2.13. The molecule has 0 aliphatic carbocycles.